The zero-order valence-corrected chi connectivity index (χ0v) is 13.0. The van der Waals surface area contributed by atoms with Crippen molar-refractivity contribution >= 4 is 11.9 Å². The van der Waals surface area contributed by atoms with Gasteiger partial charge < -0.3 is 14.6 Å². The van der Waals surface area contributed by atoms with Gasteiger partial charge in [0.15, 0.2) is 0 Å². The van der Waals surface area contributed by atoms with Crippen LogP contribution in [0.3, 0.4) is 0 Å². The van der Waals surface area contributed by atoms with Crippen LogP contribution in [-0.2, 0) is 4.74 Å². The highest BCUT2D eigenvalue weighted by Gasteiger charge is 2.31. The van der Waals surface area contributed by atoms with Crippen molar-refractivity contribution in [2.24, 2.45) is 0 Å². The molecule has 1 N–H and O–H groups in total. The first-order valence-corrected chi connectivity index (χ1v) is 7.12. The van der Waals surface area contributed by atoms with E-state index in [-0.39, 0.29) is 28.9 Å². The van der Waals surface area contributed by atoms with Gasteiger partial charge >= 0.3 is 18.3 Å². The van der Waals surface area contributed by atoms with Crippen molar-refractivity contribution in [2.75, 3.05) is 6.61 Å². The molecule has 0 aliphatic carbocycles. The van der Waals surface area contributed by atoms with E-state index in [1.807, 2.05) is 0 Å². The molecule has 0 unspecified atom stereocenters. The van der Waals surface area contributed by atoms with Gasteiger partial charge in [-0.1, -0.05) is 18.2 Å². The zero-order valence-electron chi connectivity index (χ0n) is 13.0. The Morgan fingerprint density at radius 1 is 1.08 bits per heavy atom. The number of carboxylic acids is 1. The summed E-state index contributed by atoms with van der Waals surface area (Å²) in [6.45, 7) is 1.64. The number of alkyl halides is 3. The largest absolute Gasteiger partial charge is 0.573 e. The van der Waals surface area contributed by atoms with E-state index >= 15 is 0 Å². The fourth-order valence-corrected chi connectivity index (χ4v) is 2.27. The van der Waals surface area contributed by atoms with Crippen LogP contribution in [0.5, 0.6) is 5.75 Å². The molecule has 0 spiro atoms. The molecule has 0 bridgehead atoms. The lowest BCUT2D eigenvalue weighted by Crippen LogP contribution is -2.17. The molecule has 0 saturated carbocycles. The molecule has 0 saturated heterocycles. The van der Waals surface area contributed by atoms with E-state index in [0.717, 1.165) is 12.1 Å². The van der Waals surface area contributed by atoms with Crippen molar-refractivity contribution in [3.8, 4) is 16.9 Å². The summed E-state index contributed by atoms with van der Waals surface area (Å²) in [5, 5.41) is 9.36. The molecule has 0 fully saturated rings. The maximum atomic E-state index is 12.4. The smallest absolute Gasteiger partial charge is 0.478 e. The Morgan fingerprint density at radius 2 is 1.72 bits per heavy atom. The molecule has 25 heavy (non-hydrogen) atoms. The van der Waals surface area contributed by atoms with Crippen LogP contribution in [-0.4, -0.2) is 30.0 Å². The molecule has 2 aromatic carbocycles. The monoisotopic (exact) mass is 354 g/mol. The van der Waals surface area contributed by atoms with Crippen LogP contribution in [0.25, 0.3) is 11.1 Å². The summed E-state index contributed by atoms with van der Waals surface area (Å²) in [5.74, 6) is -2.63. The lowest BCUT2D eigenvalue weighted by Gasteiger charge is -2.14. The third kappa shape index (κ3) is 4.50. The van der Waals surface area contributed by atoms with Crippen molar-refractivity contribution in [3.05, 3.63) is 53.6 Å². The van der Waals surface area contributed by atoms with E-state index in [2.05, 4.69) is 4.74 Å². The quantitative estimate of drug-likeness (QED) is 0.818. The van der Waals surface area contributed by atoms with Crippen molar-refractivity contribution in [2.45, 2.75) is 13.3 Å². The molecule has 0 aromatic heterocycles. The minimum absolute atomic E-state index is 0.0407. The van der Waals surface area contributed by atoms with Gasteiger partial charge in [-0.15, -0.1) is 13.2 Å². The number of carbonyl (C=O) groups is 2. The Kier molecular flexibility index (Phi) is 5.31. The molecular weight excluding hydrogens is 341 g/mol. The SMILES string of the molecule is CCOC(=O)c1cccc(C(=O)O)c1-c1cccc(OC(F)(F)F)c1. The molecule has 0 radical (unpaired) electrons. The molecular formula is C17H13F3O5. The third-order valence-corrected chi connectivity index (χ3v) is 3.15. The van der Waals surface area contributed by atoms with Gasteiger partial charge in [0.25, 0.3) is 0 Å². The maximum absolute atomic E-state index is 12.4. The second kappa shape index (κ2) is 7.25. The van der Waals surface area contributed by atoms with Crippen LogP contribution >= 0.6 is 0 Å². The van der Waals surface area contributed by atoms with Crippen LogP contribution in [0.1, 0.15) is 27.6 Å². The summed E-state index contributed by atoms with van der Waals surface area (Å²) < 4.78 is 45.9. The molecule has 0 aliphatic heterocycles. The average molecular weight is 354 g/mol. The van der Waals surface area contributed by atoms with Crippen LogP contribution in [0.15, 0.2) is 42.5 Å². The number of hydrogen-bond acceptors (Lipinski definition) is 4. The number of halogens is 3. The lowest BCUT2D eigenvalue weighted by molar-refractivity contribution is -0.274. The minimum Gasteiger partial charge on any atom is -0.478 e. The molecule has 0 amide bonds. The van der Waals surface area contributed by atoms with Crippen molar-refractivity contribution in [1.29, 1.82) is 0 Å². The van der Waals surface area contributed by atoms with Gasteiger partial charge in [0.05, 0.1) is 17.7 Å². The van der Waals surface area contributed by atoms with Crippen molar-refractivity contribution in [3.63, 3.8) is 0 Å². The number of ether oxygens (including phenoxy) is 2. The number of benzene rings is 2. The Hall–Kier alpha value is -3.03. The van der Waals surface area contributed by atoms with Gasteiger partial charge in [0.2, 0.25) is 0 Å². The molecule has 132 valence electrons. The summed E-state index contributed by atoms with van der Waals surface area (Å²) >= 11 is 0. The summed E-state index contributed by atoms with van der Waals surface area (Å²) in [4.78, 5) is 23.6. The summed E-state index contributed by atoms with van der Waals surface area (Å²) in [6.07, 6.45) is -4.89. The number of rotatable bonds is 5. The van der Waals surface area contributed by atoms with E-state index in [1.54, 1.807) is 6.92 Å². The molecule has 8 heteroatoms. The van der Waals surface area contributed by atoms with E-state index in [4.69, 9.17) is 4.74 Å². The molecule has 2 aromatic rings. The molecule has 0 heterocycles. The maximum Gasteiger partial charge on any atom is 0.573 e. The number of aromatic carboxylic acids is 1. The van der Waals surface area contributed by atoms with Crippen LogP contribution in [0.2, 0.25) is 0 Å². The highest BCUT2D eigenvalue weighted by molar-refractivity contribution is 6.05. The Labute approximate surface area is 140 Å². The van der Waals surface area contributed by atoms with Crippen LogP contribution in [0, 0.1) is 0 Å². The summed E-state index contributed by atoms with van der Waals surface area (Å²) in [6, 6.07) is 8.68. The van der Waals surface area contributed by atoms with Gasteiger partial charge in [0, 0.05) is 5.56 Å². The normalized spacial score (nSPS) is 11.0. The lowest BCUT2D eigenvalue weighted by atomic mass is 9.94. The first-order valence-electron chi connectivity index (χ1n) is 7.12. The topological polar surface area (TPSA) is 72.8 Å². The number of esters is 1. The molecule has 0 aliphatic rings. The Morgan fingerprint density at radius 3 is 2.32 bits per heavy atom. The molecule has 0 atom stereocenters. The highest BCUT2D eigenvalue weighted by Crippen LogP contribution is 2.32. The Bertz CT molecular complexity index is 799. The minimum atomic E-state index is -4.89. The Balaban J connectivity index is 2.62. The van der Waals surface area contributed by atoms with Crippen molar-refractivity contribution in [1.82, 2.24) is 0 Å². The fourth-order valence-electron chi connectivity index (χ4n) is 2.27. The van der Waals surface area contributed by atoms with Crippen molar-refractivity contribution < 1.29 is 37.3 Å². The second-order valence-corrected chi connectivity index (χ2v) is 4.83. The second-order valence-electron chi connectivity index (χ2n) is 4.83. The summed E-state index contributed by atoms with van der Waals surface area (Å²) in [7, 11) is 0. The third-order valence-electron chi connectivity index (χ3n) is 3.15. The summed E-state index contributed by atoms with van der Waals surface area (Å²) in [5.41, 5.74) is -0.260. The number of carbonyl (C=O) groups excluding carboxylic acids is 1. The van der Waals surface area contributed by atoms with Crippen LogP contribution < -0.4 is 4.74 Å². The molecule has 2 rings (SSSR count). The van der Waals surface area contributed by atoms with E-state index in [1.165, 1.54) is 30.3 Å². The standard InChI is InChI=1S/C17H13F3O5/c1-2-24-16(23)13-8-4-7-12(15(21)22)14(13)10-5-3-6-11(9-10)25-17(18,19)20/h3-9H,2H2,1H3,(H,21,22). The van der Waals surface area contributed by atoms with Gasteiger partial charge in [-0.05, 0) is 36.8 Å². The zero-order chi connectivity index (χ0) is 18.6. The fraction of sp³-hybridized carbons (Fsp3) is 0.176. The number of hydrogen-bond donors (Lipinski definition) is 1. The first-order chi connectivity index (χ1) is 11.7. The van der Waals surface area contributed by atoms with Crippen LogP contribution in [0.4, 0.5) is 13.2 Å². The van der Waals surface area contributed by atoms with E-state index in [9.17, 15) is 27.9 Å². The van der Waals surface area contributed by atoms with E-state index in [0.29, 0.717) is 0 Å². The average Bonchev–Trinajstić information content (AvgIpc) is 2.53. The number of carboxylic acid groups (broad SMARTS) is 1. The van der Waals surface area contributed by atoms with Gasteiger partial charge in [0.1, 0.15) is 5.75 Å². The highest BCUT2D eigenvalue weighted by atomic mass is 19.4. The predicted octanol–water partition coefficient (Wildman–Crippen LogP) is 4.13. The molecule has 5 nitrogen and oxygen atoms in total. The van der Waals surface area contributed by atoms with Gasteiger partial charge in [-0.3, -0.25) is 0 Å². The predicted molar refractivity (Wildman–Crippen MR) is 81.5 cm³/mol. The van der Waals surface area contributed by atoms with Gasteiger partial charge in [-0.25, -0.2) is 9.59 Å². The first kappa shape index (κ1) is 18.3. The van der Waals surface area contributed by atoms with E-state index < -0.39 is 24.1 Å². The van der Waals surface area contributed by atoms with Gasteiger partial charge in [-0.2, -0.15) is 0 Å².